The van der Waals surface area contributed by atoms with Crippen molar-refractivity contribution in [1.82, 2.24) is 24.4 Å². The largest absolute Gasteiger partial charge is 0.330 e. The van der Waals surface area contributed by atoms with Crippen LogP contribution in [0.2, 0.25) is 0 Å². The standard InChI is InChI=1S/C19H19N5O/c1-14-21-9-11-23(14)18-13-20-12-16(22-18)17-8-5-10-24(17)19(25)15-6-3-2-4-7-15/h2-4,6-7,9,11-13,17H,5,8,10H2,1H3/t17-/m1/s1. The molecule has 126 valence electrons. The van der Waals surface area contributed by atoms with Crippen LogP contribution in [0.1, 0.15) is 40.8 Å². The Labute approximate surface area is 146 Å². The Morgan fingerprint density at radius 3 is 2.80 bits per heavy atom. The van der Waals surface area contributed by atoms with E-state index in [1.807, 2.05) is 52.9 Å². The highest BCUT2D eigenvalue weighted by Crippen LogP contribution is 2.32. The van der Waals surface area contributed by atoms with Crippen molar-refractivity contribution in [2.24, 2.45) is 0 Å². The lowest BCUT2D eigenvalue weighted by Crippen LogP contribution is -2.31. The molecule has 1 amide bonds. The molecule has 0 bridgehead atoms. The Balaban J connectivity index is 1.65. The number of imidazole rings is 1. The molecule has 1 atom stereocenters. The molecular formula is C19H19N5O. The van der Waals surface area contributed by atoms with Crippen molar-refractivity contribution in [3.05, 3.63) is 72.2 Å². The van der Waals surface area contributed by atoms with Crippen LogP contribution in [0.5, 0.6) is 0 Å². The second kappa shape index (κ2) is 6.47. The molecule has 1 fully saturated rings. The van der Waals surface area contributed by atoms with Gasteiger partial charge < -0.3 is 4.90 Å². The Morgan fingerprint density at radius 2 is 2.04 bits per heavy atom. The average Bonchev–Trinajstić information content (AvgIpc) is 3.31. The van der Waals surface area contributed by atoms with Gasteiger partial charge >= 0.3 is 0 Å². The number of hydrogen-bond acceptors (Lipinski definition) is 4. The summed E-state index contributed by atoms with van der Waals surface area (Å²) < 4.78 is 1.90. The molecule has 0 radical (unpaired) electrons. The number of amides is 1. The minimum Gasteiger partial charge on any atom is -0.330 e. The maximum atomic E-state index is 12.9. The topological polar surface area (TPSA) is 63.9 Å². The van der Waals surface area contributed by atoms with Crippen LogP contribution in [0, 0.1) is 6.92 Å². The summed E-state index contributed by atoms with van der Waals surface area (Å²) in [5.74, 6) is 1.63. The van der Waals surface area contributed by atoms with Crippen LogP contribution in [0.3, 0.4) is 0 Å². The van der Waals surface area contributed by atoms with Gasteiger partial charge in [-0.3, -0.25) is 14.3 Å². The first kappa shape index (κ1) is 15.5. The summed E-state index contributed by atoms with van der Waals surface area (Å²) in [5.41, 5.74) is 1.54. The summed E-state index contributed by atoms with van der Waals surface area (Å²) in [4.78, 5) is 28.1. The molecule has 1 aromatic carbocycles. The average molecular weight is 333 g/mol. The van der Waals surface area contributed by atoms with Crippen molar-refractivity contribution in [3.63, 3.8) is 0 Å². The van der Waals surface area contributed by atoms with Gasteiger partial charge in [-0.05, 0) is 31.9 Å². The van der Waals surface area contributed by atoms with E-state index in [4.69, 9.17) is 4.98 Å². The van der Waals surface area contributed by atoms with Gasteiger partial charge in [-0.25, -0.2) is 9.97 Å². The van der Waals surface area contributed by atoms with E-state index < -0.39 is 0 Å². The predicted octanol–water partition coefficient (Wildman–Crippen LogP) is 2.95. The van der Waals surface area contributed by atoms with E-state index in [1.54, 1.807) is 18.6 Å². The number of carbonyl (C=O) groups is 1. The SMILES string of the molecule is Cc1nccn1-c1cncc([C@H]2CCCN2C(=O)c2ccccc2)n1. The van der Waals surface area contributed by atoms with Crippen molar-refractivity contribution in [2.45, 2.75) is 25.8 Å². The van der Waals surface area contributed by atoms with Gasteiger partial charge in [0.15, 0.2) is 5.82 Å². The summed E-state index contributed by atoms with van der Waals surface area (Å²) in [6, 6.07) is 9.37. The van der Waals surface area contributed by atoms with E-state index in [1.165, 1.54) is 0 Å². The minimum absolute atomic E-state index is 0.0380. The van der Waals surface area contributed by atoms with Crippen LogP contribution in [-0.2, 0) is 0 Å². The normalized spacial score (nSPS) is 17.0. The highest BCUT2D eigenvalue weighted by atomic mass is 16.2. The van der Waals surface area contributed by atoms with Gasteiger partial charge in [-0.15, -0.1) is 0 Å². The van der Waals surface area contributed by atoms with E-state index >= 15 is 0 Å². The van der Waals surface area contributed by atoms with Crippen molar-refractivity contribution >= 4 is 5.91 Å². The van der Waals surface area contributed by atoms with E-state index in [0.717, 1.165) is 36.7 Å². The third-order valence-corrected chi connectivity index (χ3v) is 4.59. The smallest absolute Gasteiger partial charge is 0.254 e. The van der Waals surface area contributed by atoms with Gasteiger partial charge in [0.25, 0.3) is 5.91 Å². The first-order valence-corrected chi connectivity index (χ1v) is 8.42. The fourth-order valence-corrected chi connectivity index (χ4v) is 3.33. The Kier molecular flexibility index (Phi) is 4.01. The molecule has 6 nitrogen and oxygen atoms in total. The Morgan fingerprint density at radius 1 is 1.20 bits per heavy atom. The molecule has 2 aromatic heterocycles. The fourth-order valence-electron chi connectivity index (χ4n) is 3.33. The zero-order valence-electron chi connectivity index (χ0n) is 14.0. The van der Waals surface area contributed by atoms with E-state index in [0.29, 0.717) is 5.56 Å². The van der Waals surface area contributed by atoms with Gasteiger partial charge in [0, 0.05) is 24.5 Å². The number of rotatable bonds is 3. The molecule has 1 aliphatic heterocycles. The summed E-state index contributed by atoms with van der Waals surface area (Å²) in [7, 11) is 0. The number of aromatic nitrogens is 4. The molecule has 3 heterocycles. The van der Waals surface area contributed by atoms with Crippen molar-refractivity contribution < 1.29 is 4.79 Å². The predicted molar refractivity (Wildman–Crippen MR) is 93.3 cm³/mol. The zero-order valence-corrected chi connectivity index (χ0v) is 14.0. The second-order valence-corrected chi connectivity index (χ2v) is 6.17. The first-order chi connectivity index (χ1) is 12.2. The third kappa shape index (κ3) is 2.91. The minimum atomic E-state index is -0.0380. The van der Waals surface area contributed by atoms with E-state index in [2.05, 4.69) is 9.97 Å². The summed E-state index contributed by atoms with van der Waals surface area (Å²) in [6.45, 7) is 2.67. The highest BCUT2D eigenvalue weighted by molar-refractivity contribution is 5.94. The van der Waals surface area contributed by atoms with Crippen LogP contribution in [0.4, 0.5) is 0 Å². The Hall–Kier alpha value is -3.02. The van der Waals surface area contributed by atoms with Crippen LogP contribution in [0.25, 0.3) is 5.82 Å². The van der Waals surface area contributed by atoms with Gasteiger partial charge in [0.2, 0.25) is 0 Å². The fraction of sp³-hybridized carbons (Fsp3) is 0.263. The second-order valence-electron chi connectivity index (χ2n) is 6.17. The quantitative estimate of drug-likeness (QED) is 0.739. The maximum absolute atomic E-state index is 12.9. The third-order valence-electron chi connectivity index (χ3n) is 4.59. The number of nitrogens with zero attached hydrogens (tertiary/aromatic N) is 5. The monoisotopic (exact) mass is 333 g/mol. The van der Waals surface area contributed by atoms with Crippen LogP contribution in [-0.4, -0.2) is 36.9 Å². The van der Waals surface area contributed by atoms with Crippen LogP contribution < -0.4 is 0 Å². The molecule has 0 aliphatic carbocycles. The summed E-state index contributed by atoms with van der Waals surface area (Å²) in [6.07, 6.45) is 8.96. The molecule has 25 heavy (non-hydrogen) atoms. The lowest BCUT2D eigenvalue weighted by molar-refractivity contribution is 0.0732. The van der Waals surface area contributed by atoms with Crippen LogP contribution in [0.15, 0.2) is 55.1 Å². The molecule has 3 aromatic rings. The number of likely N-dealkylation sites (tertiary alicyclic amines) is 1. The maximum Gasteiger partial charge on any atom is 0.254 e. The lowest BCUT2D eigenvalue weighted by atomic mass is 10.1. The van der Waals surface area contributed by atoms with E-state index in [9.17, 15) is 4.79 Å². The summed E-state index contributed by atoms with van der Waals surface area (Å²) in [5, 5.41) is 0. The van der Waals surface area contributed by atoms with Gasteiger partial charge in [-0.2, -0.15) is 0 Å². The summed E-state index contributed by atoms with van der Waals surface area (Å²) >= 11 is 0. The molecule has 0 spiro atoms. The van der Waals surface area contributed by atoms with Gasteiger partial charge in [0.05, 0.1) is 24.1 Å². The number of carbonyl (C=O) groups excluding carboxylic acids is 1. The van der Waals surface area contributed by atoms with Gasteiger partial charge in [0.1, 0.15) is 5.82 Å². The number of aryl methyl sites for hydroxylation is 1. The van der Waals surface area contributed by atoms with Crippen molar-refractivity contribution in [2.75, 3.05) is 6.54 Å². The van der Waals surface area contributed by atoms with Crippen molar-refractivity contribution in [1.29, 1.82) is 0 Å². The molecule has 6 heteroatoms. The molecule has 1 saturated heterocycles. The van der Waals surface area contributed by atoms with E-state index in [-0.39, 0.29) is 11.9 Å². The molecule has 4 rings (SSSR count). The zero-order chi connectivity index (χ0) is 17.2. The Bertz CT molecular complexity index is 890. The highest BCUT2D eigenvalue weighted by Gasteiger charge is 2.31. The first-order valence-electron chi connectivity index (χ1n) is 8.42. The molecule has 1 aliphatic rings. The van der Waals surface area contributed by atoms with Gasteiger partial charge in [-0.1, -0.05) is 18.2 Å². The lowest BCUT2D eigenvalue weighted by Gasteiger charge is -2.24. The molecule has 0 saturated carbocycles. The molecule has 0 unspecified atom stereocenters. The van der Waals surface area contributed by atoms with Crippen molar-refractivity contribution in [3.8, 4) is 5.82 Å². The van der Waals surface area contributed by atoms with Crippen LogP contribution >= 0.6 is 0 Å². The molecular weight excluding hydrogens is 314 g/mol. The molecule has 0 N–H and O–H groups in total. The number of benzene rings is 1. The number of hydrogen-bond donors (Lipinski definition) is 0.